The summed E-state index contributed by atoms with van der Waals surface area (Å²) in [7, 11) is 0. The molecule has 0 bridgehead atoms. The highest BCUT2D eigenvalue weighted by molar-refractivity contribution is 9.10. The van der Waals surface area contributed by atoms with Gasteiger partial charge in [-0.1, -0.05) is 0 Å². The Hall–Kier alpha value is -1.99. The van der Waals surface area contributed by atoms with E-state index in [-0.39, 0.29) is 12.4 Å². The van der Waals surface area contributed by atoms with E-state index in [0.717, 1.165) is 22.3 Å². The van der Waals surface area contributed by atoms with E-state index in [1.807, 2.05) is 28.6 Å². The second kappa shape index (κ2) is 6.64. The fourth-order valence-corrected chi connectivity index (χ4v) is 3.08. The molecule has 5 nitrogen and oxygen atoms in total. The van der Waals surface area contributed by atoms with Crippen LogP contribution in [0.15, 0.2) is 41.4 Å². The first-order chi connectivity index (χ1) is 11.1. The molecule has 0 amide bonds. The van der Waals surface area contributed by atoms with Crippen LogP contribution < -0.4 is 0 Å². The largest absolute Gasteiger partial charge is 0.392 e. The fraction of sp³-hybridized carbons (Fsp3) is 0.250. The molecule has 1 aromatic carbocycles. The van der Waals surface area contributed by atoms with E-state index in [2.05, 4.69) is 26.0 Å². The lowest BCUT2D eigenvalue weighted by Gasteiger charge is -2.11. The van der Waals surface area contributed by atoms with Crippen molar-refractivity contribution in [2.24, 2.45) is 0 Å². The summed E-state index contributed by atoms with van der Waals surface area (Å²) in [5, 5.41) is 13.8. The fourth-order valence-electron chi connectivity index (χ4n) is 2.51. The van der Waals surface area contributed by atoms with E-state index in [0.29, 0.717) is 17.9 Å². The number of aliphatic hydroxyl groups is 1. The van der Waals surface area contributed by atoms with Crippen LogP contribution in [0.1, 0.15) is 18.1 Å². The van der Waals surface area contributed by atoms with Crippen molar-refractivity contribution in [1.29, 1.82) is 0 Å². The van der Waals surface area contributed by atoms with Crippen LogP contribution in [0, 0.1) is 5.82 Å². The third kappa shape index (κ3) is 3.07. The maximum absolute atomic E-state index is 13.4. The van der Waals surface area contributed by atoms with Crippen LogP contribution in [0.5, 0.6) is 0 Å². The van der Waals surface area contributed by atoms with Gasteiger partial charge >= 0.3 is 0 Å². The maximum atomic E-state index is 13.4. The average Bonchev–Trinajstić information content (AvgIpc) is 3.15. The molecule has 0 saturated carbocycles. The van der Waals surface area contributed by atoms with Crippen LogP contribution in [0.2, 0.25) is 0 Å². The van der Waals surface area contributed by atoms with Crippen LogP contribution in [-0.2, 0) is 19.7 Å². The minimum Gasteiger partial charge on any atom is -0.392 e. The number of aromatic nitrogens is 4. The van der Waals surface area contributed by atoms with E-state index in [1.54, 1.807) is 12.3 Å². The van der Waals surface area contributed by atoms with Crippen molar-refractivity contribution in [2.45, 2.75) is 26.6 Å². The predicted molar refractivity (Wildman–Crippen MR) is 88.2 cm³/mol. The number of imidazole rings is 1. The zero-order valence-electron chi connectivity index (χ0n) is 12.6. The molecule has 0 fully saturated rings. The van der Waals surface area contributed by atoms with Crippen LogP contribution in [0.3, 0.4) is 0 Å². The van der Waals surface area contributed by atoms with E-state index in [9.17, 15) is 9.50 Å². The summed E-state index contributed by atoms with van der Waals surface area (Å²) in [6, 6.07) is 4.35. The van der Waals surface area contributed by atoms with Gasteiger partial charge in [-0.2, -0.15) is 5.10 Å². The summed E-state index contributed by atoms with van der Waals surface area (Å²) in [6.45, 7) is 3.15. The molecule has 0 spiro atoms. The SMILES string of the molecule is CCn1ncc(Cn2ccnc2-c2ccc(F)cc2CO)c1Br. The second-order valence-corrected chi connectivity index (χ2v) is 5.87. The lowest BCUT2D eigenvalue weighted by molar-refractivity contribution is 0.281. The molecule has 0 radical (unpaired) electrons. The van der Waals surface area contributed by atoms with Gasteiger partial charge in [0.1, 0.15) is 16.2 Å². The number of aliphatic hydroxyl groups excluding tert-OH is 1. The Morgan fingerprint density at radius 1 is 1.30 bits per heavy atom. The third-order valence-electron chi connectivity index (χ3n) is 3.68. The van der Waals surface area contributed by atoms with Gasteiger partial charge < -0.3 is 9.67 Å². The van der Waals surface area contributed by atoms with Crippen molar-refractivity contribution in [3.8, 4) is 11.4 Å². The van der Waals surface area contributed by atoms with Crippen molar-refractivity contribution in [1.82, 2.24) is 19.3 Å². The summed E-state index contributed by atoms with van der Waals surface area (Å²) in [5.74, 6) is 0.313. The molecular formula is C16H16BrFN4O. The predicted octanol–water partition coefficient (Wildman–Crippen LogP) is 3.21. The van der Waals surface area contributed by atoms with E-state index in [4.69, 9.17) is 0 Å². The van der Waals surface area contributed by atoms with E-state index < -0.39 is 0 Å². The molecule has 2 aromatic heterocycles. The zero-order valence-corrected chi connectivity index (χ0v) is 14.2. The Morgan fingerprint density at radius 2 is 2.13 bits per heavy atom. The first-order valence-corrected chi connectivity index (χ1v) is 8.04. The first kappa shape index (κ1) is 15.9. The van der Waals surface area contributed by atoms with Gasteiger partial charge in [0.25, 0.3) is 0 Å². The quantitative estimate of drug-likeness (QED) is 0.741. The van der Waals surface area contributed by atoms with Gasteiger partial charge in [0.15, 0.2) is 0 Å². The maximum Gasteiger partial charge on any atom is 0.140 e. The summed E-state index contributed by atoms with van der Waals surface area (Å²) in [4.78, 5) is 4.36. The highest BCUT2D eigenvalue weighted by Crippen LogP contribution is 2.25. The summed E-state index contributed by atoms with van der Waals surface area (Å²) < 4.78 is 18.1. The van der Waals surface area contributed by atoms with Crippen molar-refractivity contribution >= 4 is 15.9 Å². The van der Waals surface area contributed by atoms with Gasteiger partial charge in [-0.3, -0.25) is 4.68 Å². The van der Waals surface area contributed by atoms with Gasteiger partial charge in [-0.05, 0) is 46.6 Å². The minimum absolute atomic E-state index is 0.239. The van der Waals surface area contributed by atoms with Gasteiger partial charge in [-0.25, -0.2) is 9.37 Å². The number of hydrogen-bond donors (Lipinski definition) is 1. The van der Waals surface area contributed by atoms with Crippen molar-refractivity contribution < 1.29 is 9.50 Å². The van der Waals surface area contributed by atoms with Crippen LogP contribution in [-0.4, -0.2) is 24.4 Å². The number of benzene rings is 1. The molecule has 0 saturated heterocycles. The standard InChI is InChI=1S/C16H16BrFN4O/c1-2-22-15(17)12(8-20-22)9-21-6-5-19-16(21)14-4-3-13(18)7-11(14)10-23/h3-8,23H,2,9-10H2,1H3. The number of nitrogens with zero attached hydrogens (tertiary/aromatic N) is 4. The molecule has 1 N–H and O–H groups in total. The average molecular weight is 379 g/mol. The molecule has 0 aliphatic carbocycles. The van der Waals surface area contributed by atoms with E-state index in [1.165, 1.54) is 12.1 Å². The first-order valence-electron chi connectivity index (χ1n) is 7.25. The molecule has 120 valence electrons. The van der Waals surface area contributed by atoms with Crippen molar-refractivity contribution in [3.63, 3.8) is 0 Å². The van der Waals surface area contributed by atoms with Gasteiger partial charge in [0.2, 0.25) is 0 Å². The third-order valence-corrected chi connectivity index (χ3v) is 4.60. The smallest absolute Gasteiger partial charge is 0.140 e. The van der Waals surface area contributed by atoms with Gasteiger partial charge in [0, 0.05) is 30.1 Å². The normalized spacial score (nSPS) is 11.1. The summed E-state index contributed by atoms with van der Waals surface area (Å²) in [5.41, 5.74) is 2.26. The molecular weight excluding hydrogens is 363 g/mol. The molecule has 3 rings (SSSR count). The molecule has 23 heavy (non-hydrogen) atoms. The van der Waals surface area contributed by atoms with Crippen LogP contribution in [0.4, 0.5) is 4.39 Å². The van der Waals surface area contributed by atoms with Crippen LogP contribution in [0.25, 0.3) is 11.4 Å². The lowest BCUT2D eigenvalue weighted by atomic mass is 10.1. The topological polar surface area (TPSA) is 55.9 Å². The number of rotatable bonds is 5. The Kier molecular flexibility index (Phi) is 4.58. The highest BCUT2D eigenvalue weighted by Gasteiger charge is 2.14. The van der Waals surface area contributed by atoms with Crippen LogP contribution >= 0.6 is 15.9 Å². The molecule has 7 heteroatoms. The van der Waals surface area contributed by atoms with Crippen molar-refractivity contribution in [3.05, 3.63) is 58.3 Å². The van der Waals surface area contributed by atoms with Gasteiger partial charge in [-0.15, -0.1) is 0 Å². The minimum atomic E-state index is -0.372. The Balaban J connectivity index is 1.98. The number of halogens is 2. The van der Waals surface area contributed by atoms with E-state index >= 15 is 0 Å². The lowest BCUT2D eigenvalue weighted by Crippen LogP contribution is -2.04. The summed E-state index contributed by atoms with van der Waals surface area (Å²) >= 11 is 3.55. The monoisotopic (exact) mass is 378 g/mol. The zero-order chi connectivity index (χ0) is 16.4. The second-order valence-electron chi connectivity index (χ2n) is 5.11. The number of hydrogen-bond acceptors (Lipinski definition) is 3. The molecule has 2 heterocycles. The Morgan fingerprint density at radius 3 is 2.83 bits per heavy atom. The Bertz CT molecular complexity index is 827. The Labute approximate surface area is 141 Å². The number of aryl methyl sites for hydroxylation is 1. The molecule has 3 aromatic rings. The highest BCUT2D eigenvalue weighted by atomic mass is 79.9. The van der Waals surface area contributed by atoms with Crippen molar-refractivity contribution in [2.75, 3.05) is 0 Å². The molecule has 0 aliphatic heterocycles. The van der Waals surface area contributed by atoms with Gasteiger partial charge in [0.05, 0.1) is 19.3 Å². The summed E-state index contributed by atoms with van der Waals surface area (Å²) in [6.07, 6.45) is 5.36. The molecule has 0 aliphatic rings. The molecule has 0 atom stereocenters. The molecule has 0 unspecified atom stereocenters.